The Morgan fingerprint density at radius 3 is 2.41 bits per heavy atom. The molecule has 0 fully saturated rings. The summed E-state index contributed by atoms with van der Waals surface area (Å²) < 4.78 is 30.4. The van der Waals surface area contributed by atoms with Gasteiger partial charge < -0.3 is 4.74 Å². The Balaban J connectivity index is 2.28. The summed E-state index contributed by atoms with van der Waals surface area (Å²) in [5.41, 5.74) is 0.142. The van der Waals surface area contributed by atoms with Gasteiger partial charge in [0.25, 0.3) is 0 Å². The summed E-state index contributed by atoms with van der Waals surface area (Å²) in [6.07, 6.45) is 0. The van der Waals surface area contributed by atoms with Crippen molar-refractivity contribution < 1.29 is 17.9 Å². The van der Waals surface area contributed by atoms with Crippen molar-refractivity contribution in [2.45, 2.75) is 4.90 Å². The topological polar surface area (TPSA) is 63.7 Å². The third kappa shape index (κ3) is 3.65. The van der Waals surface area contributed by atoms with E-state index in [9.17, 15) is 13.2 Å². The Morgan fingerprint density at radius 2 is 1.77 bits per heavy atom. The number of benzene rings is 2. The smallest absolute Gasteiger partial charge is 0.343 e. The van der Waals surface area contributed by atoms with E-state index in [1.807, 2.05) is 0 Å². The molecule has 0 bridgehead atoms. The van der Waals surface area contributed by atoms with Crippen LogP contribution in [0.1, 0.15) is 10.4 Å². The predicted molar refractivity (Wildman–Crippen MR) is 83.7 cm³/mol. The van der Waals surface area contributed by atoms with E-state index in [1.165, 1.54) is 44.4 Å². The molecule has 7 heteroatoms. The minimum absolute atomic E-state index is 0.0260. The first-order chi connectivity index (χ1) is 10.3. The second kappa shape index (κ2) is 6.48. The van der Waals surface area contributed by atoms with E-state index in [2.05, 4.69) is 0 Å². The van der Waals surface area contributed by atoms with Crippen LogP contribution < -0.4 is 4.74 Å². The molecule has 116 valence electrons. The number of nitrogens with zero attached hydrogens (tertiary/aromatic N) is 1. The molecule has 2 aromatic rings. The maximum atomic E-state index is 12.1. The van der Waals surface area contributed by atoms with Crippen LogP contribution in [-0.2, 0) is 10.0 Å². The Hall–Kier alpha value is -1.89. The van der Waals surface area contributed by atoms with Gasteiger partial charge in [0.05, 0.1) is 10.5 Å². The highest BCUT2D eigenvalue weighted by molar-refractivity contribution is 7.89. The summed E-state index contributed by atoms with van der Waals surface area (Å²) >= 11 is 5.82. The molecule has 0 unspecified atom stereocenters. The van der Waals surface area contributed by atoms with Crippen LogP contribution >= 0.6 is 11.6 Å². The van der Waals surface area contributed by atoms with Crippen LogP contribution in [0.25, 0.3) is 0 Å². The van der Waals surface area contributed by atoms with Crippen molar-refractivity contribution in [3.63, 3.8) is 0 Å². The van der Waals surface area contributed by atoms with Gasteiger partial charge in [-0.1, -0.05) is 23.7 Å². The minimum atomic E-state index is -3.61. The number of rotatable bonds is 4. The fourth-order valence-corrected chi connectivity index (χ4v) is 2.82. The summed E-state index contributed by atoms with van der Waals surface area (Å²) in [4.78, 5) is 12.1. The SMILES string of the molecule is CN(C)S(=O)(=O)c1cccc(C(=O)Oc2cccc(Cl)c2)c1. The summed E-state index contributed by atoms with van der Waals surface area (Å²) in [6.45, 7) is 0. The molecule has 2 aromatic carbocycles. The first-order valence-electron chi connectivity index (χ1n) is 6.31. The highest BCUT2D eigenvalue weighted by Gasteiger charge is 2.19. The van der Waals surface area contributed by atoms with E-state index in [1.54, 1.807) is 18.2 Å². The van der Waals surface area contributed by atoms with Gasteiger partial charge in [-0.25, -0.2) is 17.5 Å². The van der Waals surface area contributed by atoms with Gasteiger partial charge in [-0.15, -0.1) is 0 Å². The van der Waals surface area contributed by atoms with Crippen molar-refractivity contribution in [1.82, 2.24) is 4.31 Å². The summed E-state index contributed by atoms with van der Waals surface area (Å²) in [5.74, 6) is -0.364. The average Bonchev–Trinajstić information content (AvgIpc) is 2.47. The zero-order valence-corrected chi connectivity index (χ0v) is 13.6. The molecule has 0 aliphatic rings. The lowest BCUT2D eigenvalue weighted by Crippen LogP contribution is -2.22. The van der Waals surface area contributed by atoms with Gasteiger partial charge in [-0.05, 0) is 36.4 Å². The predicted octanol–water partition coefficient (Wildman–Crippen LogP) is 2.81. The minimum Gasteiger partial charge on any atom is -0.423 e. The second-order valence-electron chi connectivity index (χ2n) is 4.66. The Morgan fingerprint density at radius 1 is 1.09 bits per heavy atom. The first kappa shape index (κ1) is 16.5. The third-order valence-corrected chi connectivity index (χ3v) is 4.90. The van der Waals surface area contributed by atoms with Gasteiger partial charge in [0, 0.05) is 19.1 Å². The van der Waals surface area contributed by atoms with Crippen molar-refractivity contribution in [3.05, 3.63) is 59.1 Å². The number of halogens is 1. The maximum Gasteiger partial charge on any atom is 0.343 e. The lowest BCUT2D eigenvalue weighted by Gasteiger charge is -2.12. The van der Waals surface area contributed by atoms with Gasteiger partial charge in [-0.2, -0.15) is 0 Å². The van der Waals surface area contributed by atoms with Gasteiger partial charge in [-0.3, -0.25) is 0 Å². The Kier molecular flexibility index (Phi) is 4.85. The van der Waals surface area contributed by atoms with E-state index < -0.39 is 16.0 Å². The molecule has 0 atom stereocenters. The van der Waals surface area contributed by atoms with Crippen molar-refractivity contribution in [3.8, 4) is 5.75 Å². The number of hydrogen-bond acceptors (Lipinski definition) is 4. The summed E-state index contributed by atoms with van der Waals surface area (Å²) in [6, 6.07) is 12.1. The van der Waals surface area contributed by atoms with Crippen LogP contribution in [0, 0.1) is 0 Å². The Labute approximate surface area is 134 Å². The zero-order valence-electron chi connectivity index (χ0n) is 12.0. The van der Waals surface area contributed by atoms with Crippen LogP contribution in [0.15, 0.2) is 53.4 Å². The van der Waals surface area contributed by atoms with Crippen LogP contribution in [0.2, 0.25) is 5.02 Å². The van der Waals surface area contributed by atoms with E-state index in [0.717, 1.165) is 4.31 Å². The molecule has 0 N–H and O–H groups in total. The van der Waals surface area contributed by atoms with Crippen LogP contribution in [0.5, 0.6) is 5.75 Å². The Bertz CT molecular complexity index is 803. The maximum absolute atomic E-state index is 12.1. The van der Waals surface area contributed by atoms with Gasteiger partial charge in [0.15, 0.2) is 0 Å². The fourth-order valence-electron chi connectivity index (χ4n) is 1.69. The lowest BCUT2D eigenvalue weighted by molar-refractivity contribution is 0.0734. The summed E-state index contributed by atoms with van der Waals surface area (Å²) in [5, 5.41) is 0.439. The average molecular weight is 340 g/mol. The molecular formula is C15H14ClNO4S. The second-order valence-corrected chi connectivity index (χ2v) is 7.25. The standard InChI is InChI=1S/C15H14ClNO4S/c1-17(2)22(19,20)14-8-3-5-11(9-14)15(18)21-13-7-4-6-12(16)10-13/h3-10H,1-2H3. The van der Waals surface area contributed by atoms with Crippen molar-refractivity contribution in [2.75, 3.05) is 14.1 Å². The molecule has 0 amide bonds. The molecule has 2 rings (SSSR count). The number of carbonyl (C=O) groups excluding carboxylic acids is 1. The first-order valence-corrected chi connectivity index (χ1v) is 8.13. The van der Waals surface area contributed by atoms with Crippen molar-refractivity contribution >= 4 is 27.6 Å². The van der Waals surface area contributed by atoms with Crippen LogP contribution in [0.4, 0.5) is 0 Å². The highest BCUT2D eigenvalue weighted by Crippen LogP contribution is 2.20. The molecule has 0 aliphatic carbocycles. The van der Waals surface area contributed by atoms with Crippen LogP contribution in [0.3, 0.4) is 0 Å². The molecule has 0 saturated carbocycles. The molecule has 0 spiro atoms. The van der Waals surface area contributed by atoms with E-state index >= 15 is 0 Å². The molecule has 0 radical (unpaired) electrons. The van der Waals surface area contributed by atoms with Gasteiger partial charge in [0.2, 0.25) is 10.0 Å². The van der Waals surface area contributed by atoms with Crippen molar-refractivity contribution in [1.29, 1.82) is 0 Å². The number of sulfonamides is 1. The molecule has 22 heavy (non-hydrogen) atoms. The fraction of sp³-hybridized carbons (Fsp3) is 0.133. The molecule has 0 aromatic heterocycles. The number of hydrogen-bond donors (Lipinski definition) is 0. The van der Waals surface area contributed by atoms with Crippen LogP contribution in [-0.4, -0.2) is 32.8 Å². The highest BCUT2D eigenvalue weighted by atomic mass is 35.5. The third-order valence-electron chi connectivity index (χ3n) is 2.85. The molecule has 0 aliphatic heterocycles. The quantitative estimate of drug-likeness (QED) is 0.634. The molecule has 5 nitrogen and oxygen atoms in total. The number of esters is 1. The lowest BCUT2D eigenvalue weighted by atomic mass is 10.2. The molecule has 0 heterocycles. The molecular weight excluding hydrogens is 326 g/mol. The van der Waals surface area contributed by atoms with Crippen molar-refractivity contribution in [2.24, 2.45) is 0 Å². The van der Waals surface area contributed by atoms with E-state index in [-0.39, 0.29) is 10.5 Å². The van der Waals surface area contributed by atoms with Gasteiger partial charge in [0.1, 0.15) is 5.75 Å². The zero-order chi connectivity index (χ0) is 16.3. The number of ether oxygens (including phenoxy) is 1. The largest absolute Gasteiger partial charge is 0.423 e. The molecule has 0 saturated heterocycles. The number of carbonyl (C=O) groups is 1. The van der Waals surface area contributed by atoms with Gasteiger partial charge >= 0.3 is 5.97 Å². The summed E-state index contributed by atoms with van der Waals surface area (Å²) in [7, 11) is -0.762. The van der Waals surface area contributed by atoms with E-state index in [4.69, 9.17) is 16.3 Å². The normalized spacial score (nSPS) is 11.5. The monoisotopic (exact) mass is 339 g/mol. The van der Waals surface area contributed by atoms with E-state index in [0.29, 0.717) is 10.8 Å².